The monoisotopic (exact) mass is 215 g/mol. The maximum atomic E-state index is 13.4. The number of rotatable bonds is 1. The Bertz CT molecular complexity index is 378. The van der Waals surface area contributed by atoms with E-state index < -0.39 is 17.5 Å². The summed E-state index contributed by atoms with van der Waals surface area (Å²) in [6, 6.07) is 1.35. The highest BCUT2D eigenvalue weighted by molar-refractivity contribution is 5.24. The maximum Gasteiger partial charge on any atom is 0.161 e. The molecule has 15 heavy (non-hydrogen) atoms. The van der Waals surface area contributed by atoms with Gasteiger partial charge in [0.15, 0.2) is 11.6 Å². The van der Waals surface area contributed by atoms with Crippen molar-refractivity contribution in [3.8, 4) is 0 Å². The second-order valence-electron chi connectivity index (χ2n) is 4.09. The normalized spacial score (nSPS) is 25.9. The Morgan fingerprint density at radius 2 is 1.80 bits per heavy atom. The van der Waals surface area contributed by atoms with Crippen molar-refractivity contribution in [2.45, 2.75) is 19.4 Å². The van der Waals surface area contributed by atoms with Crippen LogP contribution in [0.25, 0.3) is 0 Å². The van der Waals surface area contributed by atoms with Crippen molar-refractivity contribution < 1.29 is 13.2 Å². The highest BCUT2D eigenvalue weighted by atomic mass is 19.2. The molecule has 82 valence electrons. The van der Waals surface area contributed by atoms with Crippen molar-refractivity contribution in [3.63, 3.8) is 0 Å². The van der Waals surface area contributed by atoms with Crippen molar-refractivity contribution in [2.24, 2.45) is 5.92 Å². The predicted octanol–water partition coefficient (Wildman–Crippen LogP) is 2.77. The molecule has 2 unspecified atom stereocenters. The van der Waals surface area contributed by atoms with E-state index >= 15 is 0 Å². The van der Waals surface area contributed by atoms with E-state index in [2.05, 4.69) is 5.32 Å². The molecule has 0 aromatic heterocycles. The fourth-order valence-corrected chi connectivity index (χ4v) is 1.95. The molecule has 1 saturated heterocycles. The van der Waals surface area contributed by atoms with E-state index in [4.69, 9.17) is 0 Å². The van der Waals surface area contributed by atoms with Crippen molar-refractivity contribution in [1.82, 2.24) is 5.32 Å². The van der Waals surface area contributed by atoms with Crippen LogP contribution in [-0.2, 0) is 0 Å². The number of hydrogen-bond acceptors (Lipinski definition) is 1. The first-order valence-corrected chi connectivity index (χ1v) is 4.95. The van der Waals surface area contributed by atoms with Crippen molar-refractivity contribution in [3.05, 3.63) is 35.1 Å². The molecule has 2 atom stereocenters. The Hall–Kier alpha value is -1.03. The van der Waals surface area contributed by atoms with Gasteiger partial charge < -0.3 is 5.32 Å². The summed E-state index contributed by atoms with van der Waals surface area (Å²) in [6.07, 6.45) is 0.752. The lowest BCUT2D eigenvalue weighted by atomic mass is 10.0. The van der Waals surface area contributed by atoms with Crippen LogP contribution in [0, 0.1) is 23.4 Å². The summed E-state index contributed by atoms with van der Waals surface area (Å²) in [5.74, 6) is -2.38. The number of benzene rings is 1. The van der Waals surface area contributed by atoms with Crippen LogP contribution in [0.4, 0.5) is 13.2 Å². The van der Waals surface area contributed by atoms with Gasteiger partial charge in [-0.25, -0.2) is 13.2 Å². The maximum absolute atomic E-state index is 13.4. The third kappa shape index (κ3) is 2.00. The largest absolute Gasteiger partial charge is 0.310 e. The van der Waals surface area contributed by atoms with Crippen LogP contribution in [0.2, 0.25) is 0 Å². The molecule has 1 N–H and O–H groups in total. The Kier molecular flexibility index (Phi) is 2.69. The van der Waals surface area contributed by atoms with Crippen molar-refractivity contribution in [1.29, 1.82) is 0 Å². The van der Waals surface area contributed by atoms with E-state index in [0.29, 0.717) is 12.0 Å². The van der Waals surface area contributed by atoms with Crippen LogP contribution in [0.1, 0.15) is 24.9 Å². The highest BCUT2D eigenvalue weighted by Gasteiger charge is 2.25. The minimum Gasteiger partial charge on any atom is -0.310 e. The molecule has 0 bridgehead atoms. The number of halogens is 3. The van der Waals surface area contributed by atoms with Gasteiger partial charge in [-0.1, -0.05) is 6.92 Å². The van der Waals surface area contributed by atoms with Gasteiger partial charge in [0.05, 0.1) is 0 Å². The molecule has 0 saturated carbocycles. The molecule has 1 fully saturated rings. The molecule has 1 aromatic carbocycles. The van der Waals surface area contributed by atoms with Gasteiger partial charge in [-0.3, -0.25) is 0 Å². The van der Waals surface area contributed by atoms with Crippen molar-refractivity contribution in [2.75, 3.05) is 6.54 Å². The van der Waals surface area contributed by atoms with Crippen LogP contribution in [-0.4, -0.2) is 6.54 Å². The average Bonchev–Trinajstić information content (AvgIpc) is 2.58. The first kappa shape index (κ1) is 10.5. The van der Waals surface area contributed by atoms with Gasteiger partial charge in [0, 0.05) is 17.7 Å². The van der Waals surface area contributed by atoms with Crippen LogP contribution >= 0.6 is 0 Å². The van der Waals surface area contributed by atoms with Gasteiger partial charge in [0.1, 0.15) is 5.82 Å². The van der Waals surface area contributed by atoms with E-state index in [1.165, 1.54) is 0 Å². The van der Waals surface area contributed by atoms with Crippen LogP contribution < -0.4 is 5.32 Å². The molecular formula is C11H12F3N. The van der Waals surface area contributed by atoms with Crippen LogP contribution in [0.3, 0.4) is 0 Å². The quantitative estimate of drug-likeness (QED) is 0.710. The number of nitrogens with one attached hydrogen (secondary N) is 1. The third-order valence-electron chi connectivity index (χ3n) is 2.77. The molecular weight excluding hydrogens is 203 g/mol. The van der Waals surface area contributed by atoms with Gasteiger partial charge >= 0.3 is 0 Å². The summed E-state index contributed by atoms with van der Waals surface area (Å²) < 4.78 is 39.0. The Morgan fingerprint density at radius 1 is 1.13 bits per heavy atom. The minimum absolute atomic E-state index is 0.199. The molecule has 1 aliphatic heterocycles. The molecule has 4 heteroatoms. The zero-order chi connectivity index (χ0) is 11.0. The topological polar surface area (TPSA) is 12.0 Å². The lowest BCUT2D eigenvalue weighted by Crippen LogP contribution is -2.15. The van der Waals surface area contributed by atoms with Gasteiger partial charge in [0.2, 0.25) is 0 Å². The Morgan fingerprint density at radius 3 is 2.40 bits per heavy atom. The fraction of sp³-hybridized carbons (Fsp3) is 0.455. The highest BCUT2D eigenvalue weighted by Crippen LogP contribution is 2.29. The summed E-state index contributed by atoms with van der Waals surface area (Å²) >= 11 is 0. The van der Waals surface area contributed by atoms with Crippen LogP contribution in [0.5, 0.6) is 0 Å². The van der Waals surface area contributed by atoms with Crippen molar-refractivity contribution >= 4 is 0 Å². The van der Waals surface area contributed by atoms with E-state index in [9.17, 15) is 13.2 Å². The van der Waals surface area contributed by atoms with E-state index in [0.717, 1.165) is 19.0 Å². The summed E-state index contributed by atoms with van der Waals surface area (Å²) in [5.41, 5.74) is 0.221. The molecule has 0 radical (unpaired) electrons. The summed E-state index contributed by atoms with van der Waals surface area (Å²) in [5, 5.41) is 3.08. The second-order valence-corrected chi connectivity index (χ2v) is 4.09. The van der Waals surface area contributed by atoms with Gasteiger partial charge in [0.25, 0.3) is 0 Å². The molecule has 1 aromatic rings. The summed E-state index contributed by atoms with van der Waals surface area (Å²) in [4.78, 5) is 0. The third-order valence-corrected chi connectivity index (χ3v) is 2.77. The molecule has 0 aliphatic carbocycles. The molecule has 1 nitrogen and oxygen atoms in total. The minimum atomic E-state index is -1.14. The molecule has 0 spiro atoms. The molecule has 1 aliphatic rings. The fourth-order valence-electron chi connectivity index (χ4n) is 1.95. The second kappa shape index (κ2) is 3.85. The predicted molar refractivity (Wildman–Crippen MR) is 50.8 cm³/mol. The summed E-state index contributed by atoms with van der Waals surface area (Å²) in [7, 11) is 0. The lowest BCUT2D eigenvalue weighted by molar-refractivity contribution is 0.478. The molecule has 0 amide bonds. The Balaban J connectivity index is 2.32. The first-order chi connectivity index (χ1) is 7.08. The summed E-state index contributed by atoms with van der Waals surface area (Å²) in [6.45, 7) is 2.81. The smallest absolute Gasteiger partial charge is 0.161 e. The van der Waals surface area contributed by atoms with Gasteiger partial charge in [-0.05, 0) is 24.9 Å². The SMILES string of the molecule is CC1CNC(c2cc(F)c(F)cc2F)C1. The average molecular weight is 215 g/mol. The van der Waals surface area contributed by atoms with Crippen LogP contribution in [0.15, 0.2) is 12.1 Å². The van der Waals surface area contributed by atoms with E-state index in [1.807, 2.05) is 6.92 Å². The Labute approximate surface area is 86.3 Å². The molecule has 1 heterocycles. The lowest BCUT2D eigenvalue weighted by Gasteiger charge is -2.12. The zero-order valence-electron chi connectivity index (χ0n) is 8.36. The number of hydrogen-bond donors (Lipinski definition) is 1. The van der Waals surface area contributed by atoms with E-state index in [1.54, 1.807) is 0 Å². The van der Waals surface area contributed by atoms with E-state index in [-0.39, 0.29) is 11.6 Å². The van der Waals surface area contributed by atoms with Gasteiger partial charge in [-0.15, -0.1) is 0 Å². The first-order valence-electron chi connectivity index (χ1n) is 4.95. The standard InChI is InChI=1S/C11H12F3N/c1-6-2-11(15-5-6)7-3-9(13)10(14)4-8(7)12/h3-4,6,11,15H,2,5H2,1H3. The molecule has 2 rings (SSSR count). The zero-order valence-corrected chi connectivity index (χ0v) is 8.36. The van der Waals surface area contributed by atoms with Gasteiger partial charge in [-0.2, -0.15) is 0 Å².